The van der Waals surface area contributed by atoms with E-state index >= 15 is 0 Å². The van der Waals surface area contributed by atoms with Gasteiger partial charge in [-0.25, -0.2) is 9.98 Å². The van der Waals surface area contributed by atoms with Crippen LogP contribution in [0.5, 0.6) is 5.88 Å². The molecule has 1 fully saturated rings. The molecule has 124 valence electrons. The fourth-order valence-electron chi connectivity index (χ4n) is 2.72. The van der Waals surface area contributed by atoms with E-state index in [1.54, 1.807) is 13.3 Å². The van der Waals surface area contributed by atoms with Crippen LogP contribution in [0, 0.1) is 0 Å². The number of hydrogen-bond donors (Lipinski definition) is 2. The lowest BCUT2D eigenvalue weighted by Gasteiger charge is -2.23. The molecule has 2 rings (SSSR count). The van der Waals surface area contributed by atoms with Crippen molar-refractivity contribution >= 4 is 29.9 Å². The Bertz CT molecular complexity index is 483. The van der Waals surface area contributed by atoms with Crippen LogP contribution in [-0.4, -0.2) is 48.6 Å². The number of nitrogens with two attached hydrogens (primary N) is 1. The molecule has 3 N–H and O–H groups in total. The molecule has 7 heteroatoms. The van der Waals surface area contributed by atoms with Gasteiger partial charge in [0.15, 0.2) is 5.96 Å². The van der Waals surface area contributed by atoms with Crippen molar-refractivity contribution in [3.63, 3.8) is 0 Å². The van der Waals surface area contributed by atoms with E-state index < -0.39 is 0 Å². The average Bonchev–Trinajstić information content (AvgIpc) is 2.98. The van der Waals surface area contributed by atoms with Gasteiger partial charge in [0.25, 0.3) is 0 Å². The Morgan fingerprint density at radius 3 is 3.14 bits per heavy atom. The van der Waals surface area contributed by atoms with Gasteiger partial charge < -0.3 is 15.8 Å². The van der Waals surface area contributed by atoms with Gasteiger partial charge >= 0.3 is 0 Å². The third kappa shape index (κ3) is 5.28. The molecular weight excluding hydrogens is 393 g/mol. The van der Waals surface area contributed by atoms with Crippen molar-refractivity contribution in [2.24, 2.45) is 10.7 Å². The van der Waals surface area contributed by atoms with Crippen molar-refractivity contribution in [2.75, 3.05) is 26.7 Å². The summed E-state index contributed by atoms with van der Waals surface area (Å²) in [6, 6.07) is 4.38. The molecule has 6 nitrogen and oxygen atoms in total. The Labute approximate surface area is 149 Å². The number of nitrogens with one attached hydrogen (secondary N) is 1. The van der Waals surface area contributed by atoms with Crippen LogP contribution >= 0.6 is 24.0 Å². The maximum absolute atomic E-state index is 5.94. The maximum Gasteiger partial charge on any atom is 0.218 e. The Morgan fingerprint density at radius 2 is 2.41 bits per heavy atom. The highest BCUT2D eigenvalue weighted by atomic mass is 127. The summed E-state index contributed by atoms with van der Waals surface area (Å²) >= 11 is 0. The number of nitrogens with zero attached hydrogens (tertiary/aromatic N) is 3. The van der Waals surface area contributed by atoms with E-state index in [1.165, 1.54) is 19.4 Å². The predicted octanol–water partition coefficient (Wildman–Crippen LogP) is 1.60. The lowest BCUT2D eigenvalue weighted by molar-refractivity contribution is 0.267. The molecule has 0 saturated carbocycles. The summed E-state index contributed by atoms with van der Waals surface area (Å²) in [5, 5.41) is 3.22. The molecule has 1 unspecified atom stereocenters. The second-order valence-electron chi connectivity index (χ2n) is 5.18. The van der Waals surface area contributed by atoms with Gasteiger partial charge in [-0.3, -0.25) is 4.90 Å². The van der Waals surface area contributed by atoms with Crippen molar-refractivity contribution in [1.29, 1.82) is 0 Å². The maximum atomic E-state index is 5.94. The Morgan fingerprint density at radius 1 is 1.59 bits per heavy atom. The number of rotatable bonds is 6. The summed E-state index contributed by atoms with van der Waals surface area (Å²) in [4.78, 5) is 11.0. The second-order valence-corrected chi connectivity index (χ2v) is 5.18. The van der Waals surface area contributed by atoms with Crippen LogP contribution in [-0.2, 0) is 6.54 Å². The molecule has 0 bridgehead atoms. The summed E-state index contributed by atoms with van der Waals surface area (Å²) in [6.07, 6.45) is 4.20. The second kappa shape index (κ2) is 9.83. The largest absolute Gasteiger partial charge is 0.481 e. The van der Waals surface area contributed by atoms with Crippen LogP contribution in [0.4, 0.5) is 0 Å². The smallest absolute Gasteiger partial charge is 0.218 e. The van der Waals surface area contributed by atoms with Crippen molar-refractivity contribution in [1.82, 2.24) is 15.2 Å². The molecule has 22 heavy (non-hydrogen) atoms. The van der Waals surface area contributed by atoms with Crippen molar-refractivity contribution < 1.29 is 4.74 Å². The van der Waals surface area contributed by atoms with Gasteiger partial charge in [0.1, 0.15) is 0 Å². The van der Waals surface area contributed by atoms with Crippen molar-refractivity contribution in [3.05, 3.63) is 23.9 Å². The zero-order valence-corrected chi connectivity index (χ0v) is 15.6. The molecule has 1 aliphatic heterocycles. The number of likely N-dealkylation sites (N-methyl/N-ethyl adjacent to an activating group) is 1. The predicted molar refractivity (Wildman–Crippen MR) is 99.8 cm³/mol. The van der Waals surface area contributed by atoms with E-state index in [4.69, 9.17) is 10.5 Å². The minimum atomic E-state index is 0. The highest BCUT2D eigenvalue weighted by Crippen LogP contribution is 2.16. The van der Waals surface area contributed by atoms with Crippen molar-refractivity contribution in [2.45, 2.75) is 32.4 Å². The third-order valence-corrected chi connectivity index (χ3v) is 3.89. The van der Waals surface area contributed by atoms with Crippen LogP contribution in [0.25, 0.3) is 0 Å². The molecule has 1 saturated heterocycles. The number of ether oxygens (including phenoxy) is 1. The first-order valence-corrected chi connectivity index (χ1v) is 7.50. The van der Waals surface area contributed by atoms with E-state index in [-0.39, 0.29) is 24.0 Å². The third-order valence-electron chi connectivity index (χ3n) is 3.89. The Kier molecular flexibility index (Phi) is 8.47. The normalized spacial score (nSPS) is 18.8. The molecule has 0 spiro atoms. The van der Waals surface area contributed by atoms with E-state index in [0.717, 1.165) is 18.7 Å². The summed E-state index contributed by atoms with van der Waals surface area (Å²) in [5.74, 6) is 1.07. The SMILES string of the molecule is CCN1CCCC1CNC(N)=NCc1cccnc1OC.I. The highest BCUT2D eigenvalue weighted by molar-refractivity contribution is 14.0. The quantitative estimate of drug-likeness (QED) is 0.416. The molecule has 1 aromatic heterocycles. The first-order chi connectivity index (χ1) is 10.2. The number of methoxy groups -OCH3 is 1. The molecule has 1 aromatic rings. The van der Waals surface area contributed by atoms with Gasteiger partial charge in [-0.2, -0.15) is 0 Å². The molecule has 1 atom stereocenters. The van der Waals surface area contributed by atoms with E-state index in [9.17, 15) is 0 Å². The lowest BCUT2D eigenvalue weighted by Crippen LogP contribution is -2.42. The van der Waals surface area contributed by atoms with Gasteiger partial charge in [0.05, 0.1) is 13.7 Å². The zero-order chi connectivity index (χ0) is 15.1. The number of guanidine groups is 1. The number of halogens is 1. The number of aromatic nitrogens is 1. The summed E-state index contributed by atoms with van der Waals surface area (Å²) in [6.45, 7) is 5.80. The van der Waals surface area contributed by atoms with Crippen LogP contribution in [0.1, 0.15) is 25.3 Å². The van der Waals surface area contributed by atoms with Gasteiger partial charge in [0, 0.05) is 24.3 Å². The zero-order valence-electron chi connectivity index (χ0n) is 13.3. The minimum Gasteiger partial charge on any atom is -0.481 e. The summed E-state index contributed by atoms with van der Waals surface area (Å²) < 4.78 is 5.20. The van der Waals surface area contributed by atoms with Gasteiger partial charge in [-0.15, -0.1) is 24.0 Å². The molecular formula is C15H26IN5O. The van der Waals surface area contributed by atoms with Gasteiger partial charge in [-0.05, 0) is 32.0 Å². The highest BCUT2D eigenvalue weighted by Gasteiger charge is 2.22. The molecule has 0 radical (unpaired) electrons. The van der Waals surface area contributed by atoms with Crippen LogP contribution < -0.4 is 15.8 Å². The standard InChI is InChI=1S/C15H25N5O.HI/c1-3-20-9-5-7-13(20)11-19-15(16)18-10-12-6-4-8-17-14(12)21-2;/h4,6,8,13H,3,5,7,9-11H2,1-2H3,(H3,16,18,19);1H. The van der Waals surface area contributed by atoms with E-state index in [2.05, 4.69) is 27.1 Å². The van der Waals surface area contributed by atoms with Crippen LogP contribution in [0.3, 0.4) is 0 Å². The molecule has 2 heterocycles. The average molecular weight is 419 g/mol. The first-order valence-electron chi connectivity index (χ1n) is 7.50. The number of hydrogen-bond acceptors (Lipinski definition) is 4. The number of aliphatic imine (C=N–C) groups is 1. The van der Waals surface area contributed by atoms with E-state index in [0.29, 0.717) is 24.4 Å². The fraction of sp³-hybridized carbons (Fsp3) is 0.600. The molecule has 0 amide bonds. The topological polar surface area (TPSA) is 75.8 Å². The monoisotopic (exact) mass is 419 g/mol. The summed E-state index contributed by atoms with van der Waals surface area (Å²) in [5.41, 5.74) is 6.87. The number of likely N-dealkylation sites (tertiary alicyclic amines) is 1. The van der Waals surface area contributed by atoms with Crippen LogP contribution in [0.15, 0.2) is 23.3 Å². The Hall–Kier alpha value is -1.09. The first kappa shape index (κ1) is 19.0. The fourth-order valence-corrected chi connectivity index (χ4v) is 2.72. The molecule has 0 aliphatic carbocycles. The van der Waals surface area contributed by atoms with Crippen LogP contribution in [0.2, 0.25) is 0 Å². The van der Waals surface area contributed by atoms with Crippen molar-refractivity contribution in [3.8, 4) is 5.88 Å². The minimum absolute atomic E-state index is 0. The molecule has 0 aromatic carbocycles. The lowest BCUT2D eigenvalue weighted by atomic mass is 10.2. The Balaban J connectivity index is 0.00000242. The van der Waals surface area contributed by atoms with Gasteiger partial charge in [0.2, 0.25) is 5.88 Å². The molecule has 1 aliphatic rings. The van der Waals surface area contributed by atoms with Gasteiger partial charge in [-0.1, -0.05) is 13.0 Å². The number of pyridine rings is 1. The van der Waals surface area contributed by atoms with E-state index in [1.807, 2.05) is 12.1 Å². The summed E-state index contributed by atoms with van der Waals surface area (Å²) in [7, 11) is 1.61.